The molecule has 7 rings (SSSR count). The van der Waals surface area contributed by atoms with Crippen LogP contribution in [-0.4, -0.2) is 0 Å². The SMILES string of the molecule is CC1(C)C2=C(CCC=C2)c2ccc(N3c4ccccc4C=Cc4cc(C5=CCC=CC=C5)ccc43)cc21. The number of hydrogen-bond acceptors (Lipinski definition) is 1. The van der Waals surface area contributed by atoms with Gasteiger partial charge in [0.1, 0.15) is 0 Å². The van der Waals surface area contributed by atoms with E-state index in [1.807, 2.05) is 0 Å². The van der Waals surface area contributed by atoms with Crippen molar-refractivity contribution >= 4 is 40.4 Å². The molecule has 0 atom stereocenters. The van der Waals surface area contributed by atoms with Crippen molar-refractivity contribution in [3.8, 4) is 0 Å². The number of hydrogen-bond donors (Lipinski definition) is 0. The van der Waals surface area contributed by atoms with E-state index in [0.717, 1.165) is 19.3 Å². The maximum absolute atomic E-state index is 2.46. The van der Waals surface area contributed by atoms with Crippen molar-refractivity contribution in [2.24, 2.45) is 0 Å². The molecule has 0 unspecified atom stereocenters. The van der Waals surface area contributed by atoms with Crippen LogP contribution in [0.4, 0.5) is 17.1 Å². The van der Waals surface area contributed by atoms with Crippen molar-refractivity contribution in [2.75, 3.05) is 4.90 Å². The van der Waals surface area contributed by atoms with Crippen molar-refractivity contribution in [1.82, 2.24) is 0 Å². The van der Waals surface area contributed by atoms with Gasteiger partial charge in [0.25, 0.3) is 0 Å². The third-order valence-electron chi connectivity index (χ3n) is 8.32. The molecule has 0 N–H and O–H groups in total. The predicted molar refractivity (Wildman–Crippen MR) is 159 cm³/mol. The molecule has 1 heteroatoms. The third-order valence-corrected chi connectivity index (χ3v) is 8.32. The van der Waals surface area contributed by atoms with Crippen LogP contribution < -0.4 is 4.90 Å². The smallest absolute Gasteiger partial charge is 0.0534 e. The number of benzene rings is 3. The highest BCUT2D eigenvalue weighted by atomic mass is 15.1. The molecular formula is C36H31N. The van der Waals surface area contributed by atoms with Gasteiger partial charge in [-0.1, -0.05) is 98.9 Å². The van der Waals surface area contributed by atoms with Gasteiger partial charge in [0.15, 0.2) is 0 Å². The van der Waals surface area contributed by atoms with Gasteiger partial charge in [0.05, 0.1) is 11.4 Å². The van der Waals surface area contributed by atoms with Crippen LogP contribution in [0.5, 0.6) is 0 Å². The Hall–Kier alpha value is -4.10. The lowest BCUT2D eigenvalue weighted by molar-refractivity contribution is 0.651. The first kappa shape index (κ1) is 22.1. The van der Waals surface area contributed by atoms with E-state index in [-0.39, 0.29) is 5.41 Å². The molecule has 0 fully saturated rings. The van der Waals surface area contributed by atoms with Gasteiger partial charge in [-0.15, -0.1) is 0 Å². The first-order valence-electron chi connectivity index (χ1n) is 13.4. The van der Waals surface area contributed by atoms with Gasteiger partial charge < -0.3 is 4.90 Å². The lowest BCUT2D eigenvalue weighted by Gasteiger charge is -2.30. The Balaban J connectivity index is 1.39. The van der Waals surface area contributed by atoms with E-state index in [4.69, 9.17) is 0 Å². The van der Waals surface area contributed by atoms with Gasteiger partial charge in [0, 0.05) is 11.1 Å². The third kappa shape index (κ3) is 3.53. The standard InChI is InChI=1S/C36H31N/c1-36(2)32-15-9-8-14-30(32)31-21-20-29(24-33(31)36)37-34-16-10-7-13-26(34)17-18-28-23-27(19-22-35(28)37)25-11-5-3-4-6-12-25/h3-5,7,9-13,15-24H,6,8,14H2,1-2H3. The van der Waals surface area contributed by atoms with Crippen LogP contribution in [-0.2, 0) is 5.41 Å². The molecule has 3 aromatic carbocycles. The maximum Gasteiger partial charge on any atom is 0.0534 e. The molecule has 0 spiro atoms. The normalized spacial score (nSPS) is 18.5. The summed E-state index contributed by atoms with van der Waals surface area (Å²) in [5.41, 5.74) is 14.6. The summed E-state index contributed by atoms with van der Waals surface area (Å²) in [6.45, 7) is 4.77. The largest absolute Gasteiger partial charge is 0.309 e. The van der Waals surface area contributed by atoms with E-state index in [1.165, 1.54) is 61.6 Å². The molecular weight excluding hydrogens is 446 g/mol. The molecule has 0 saturated heterocycles. The molecule has 1 nitrogen and oxygen atoms in total. The average Bonchev–Trinajstić information content (AvgIpc) is 3.17. The molecule has 0 amide bonds. The Kier molecular flexibility index (Phi) is 5.08. The number of anilines is 3. The van der Waals surface area contributed by atoms with Crippen molar-refractivity contribution in [1.29, 1.82) is 0 Å². The maximum atomic E-state index is 2.46. The minimum Gasteiger partial charge on any atom is -0.309 e. The number of nitrogens with zero attached hydrogens (tertiary/aromatic N) is 1. The van der Waals surface area contributed by atoms with Crippen molar-refractivity contribution in [3.63, 3.8) is 0 Å². The number of fused-ring (bicyclic) bond motifs is 4. The Labute approximate surface area is 220 Å². The molecule has 1 aliphatic heterocycles. The van der Waals surface area contributed by atoms with Crippen LogP contribution in [0.3, 0.4) is 0 Å². The summed E-state index contributed by atoms with van der Waals surface area (Å²) >= 11 is 0. The van der Waals surface area contributed by atoms with Crippen molar-refractivity contribution < 1.29 is 0 Å². The first-order chi connectivity index (χ1) is 18.1. The second-order valence-electron chi connectivity index (χ2n) is 10.9. The summed E-state index contributed by atoms with van der Waals surface area (Å²) in [7, 11) is 0. The van der Waals surface area contributed by atoms with E-state index < -0.39 is 0 Å². The van der Waals surface area contributed by atoms with Crippen LogP contribution in [0.15, 0.2) is 109 Å². The molecule has 3 aliphatic carbocycles. The molecule has 1 heterocycles. The fourth-order valence-corrected chi connectivity index (χ4v) is 6.41. The lowest BCUT2D eigenvalue weighted by Crippen LogP contribution is -2.18. The summed E-state index contributed by atoms with van der Waals surface area (Å²) in [5.74, 6) is 0. The zero-order valence-electron chi connectivity index (χ0n) is 21.5. The van der Waals surface area contributed by atoms with Gasteiger partial charge >= 0.3 is 0 Å². The van der Waals surface area contributed by atoms with E-state index in [0.29, 0.717) is 0 Å². The van der Waals surface area contributed by atoms with Crippen LogP contribution in [0, 0.1) is 0 Å². The molecule has 180 valence electrons. The predicted octanol–water partition coefficient (Wildman–Crippen LogP) is 9.93. The fourth-order valence-electron chi connectivity index (χ4n) is 6.41. The molecule has 0 radical (unpaired) electrons. The van der Waals surface area contributed by atoms with Gasteiger partial charge in [-0.2, -0.15) is 0 Å². The summed E-state index contributed by atoms with van der Waals surface area (Å²) in [4.78, 5) is 2.46. The summed E-state index contributed by atoms with van der Waals surface area (Å²) in [6.07, 6.45) is 23.5. The van der Waals surface area contributed by atoms with Crippen molar-refractivity contribution in [2.45, 2.75) is 38.5 Å². The summed E-state index contributed by atoms with van der Waals surface area (Å²) in [5, 5.41) is 0. The van der Waals surface area contributed by atoms with Crippen LogP contribution in [0.2, 0.25) is 0 Å². The Morgan fingerprint density at radius 1 is 0.757 bits per heavy atom. The van der Waals surface area contributed by atoms with E-state index in [2.05, 4.69) is 134 Å². The number of para-hydroxylation sites is 1. The fraction of sp³-hybridized carbons (Fsp3) is 0.167. The van der Waals surface area contributed by atoms with Gasteiger partial charge in [-0.3, -0.25) is 0 Å². The Morgan fingerprint density at radius 2 is 1.62 bits per heavy atom. The van der Waals surface area contributed by atoms with E-state index in [1.54, 1.807) is 0 Å². The quantitative estimate of drug-likeness (QED) is 0.278. The minimum atomic E-state index is 0.0141. The van der Waals surface area contributed by atoms with Crippen LogP contribution >= 0.6 is 0 Å². The summed E-state index contributed by atoms with van der Waals surface area (Å²) < 4.78 is 0. The van der Waals surface area contributed by atoms with Gasteiger partial charge in [-0.05, 0) is 94.1 Å². The second kappa shape index (κ2) is 8.49. The monoisotopic (exact) mass is 477 g/mol. The van der Waals surface area contributed by atoms with Crippen LogP contribution in [0.1, 0.15) is 60.9 Å². The first-order valence-corrected chi connectivity index (χ1v) is 13.4. The van der Waals surface area contributed by atoms with E-state index >= 15 is 0 Å². The molecule has 37 heavy (non-hydrogen) atoms. The topological polar surface area (TPSA) is 3.24 Å². The van der Waals surface area contributed by atoms with E-state index in [9.17, 15) is 0 Å². The molecule has 4 aliphatic rings. The Morgan fingerprint density at radius 3 is 2.57 bits per heavy atom. The lowest BCUT2D eigenvalue weighted by atomic mass is 9.80. The van der Waals surface area contributed by atoms with Gasteiger partial charge in [-0.25, -0.2) is 0 Å². The Bertz CT molecular complexity index is 1620. The van der Waals surface area contributed by atoms with Crippen molar-refractivity contribution in [3.05, 3.63) is 137 Å². The highest BCUT2D eigenvalue weighted by Gasteiger charge is 2.37. The molecule has 0 aromatic heterocycles. The zero-order chi connectivity index (χ0) is 25.0. The zero-order valence-corrected chi connectivity index (χ0v) is 21.5. The molecule has 0 saturated carbocycles. The van der Waals surface area contributed by atoms with Gasteiger partial charge in [0.2, 0.25) is 0 Å². The highest BCUT2D eigenvalue weighted by molar-refractivity contribution is 5.95. The average molecular weight is 478 g/mol. The minimum absolute atomic E-state index is 0.0141. The molecule has 0 bridgehead atoms. The van der Waals surface area contributed by atoms with Crippen LogP contribution in [0.25, 0.3) is 23.3 Å². The second-order valence-corrected chi connectivity index (χ2v) is 10.9. The number of allylic oxidation sites excluding steroid dienone is 10. The highest BCUT2D eigenvalue weighted by Crippen LogP contribution is 2.52. The summed E-state index contributed by atoms with van der Waals surface area (Å²) in [6, 6.07) is 22.8. The molecule has 3 aromatic rings. The number of rotatable bonds is 2.